The van der Waals surface area contributed by atoms with Crippen LogP contribution in [0, 0.1) is 13.8 Å². The van der Waals surface area contributed by atoms with Crippen LogP contribution in [0.4, 0.5) is 0 Å². The van der Waals surface area contributed by atoms with Crippen LogP contribution in [0.5, 0.6) is 0 Å². The van der Waals surface area contributed by atoms with Gasteiger partial charge in [0.25, 0.3) is 6.47 Å². The molecule has 0 radical (unpaired) electrons. The average molecular weight is 483 g/mol. The molecule has 1 fully saturated rings. The van der Waals surface area contributed by atoms with Crippen molar-refractivity contribution in [2.75, 3.05) is 26.2 Å². The summed E-state index contributed by atoms with van der Waals surface area (Å²) >= 11 is 0. The molecular formula is C30H34N4O2. The monoisotopic (exact) mass is 482 g/mol. The number of H-pyrrole nitrogens is 1. The first kappa shape index (κ1) is 25.4. The number of imidazole rings is 1. The molecule has 5 rings (SSSR count). The summed E-state index contributed by atoms with van der Waals surface area (Å²) < 4.78 is 0. The Hall–Kier alpha value is -3.74. The summed E-state index contributed by atoms with van der Waals surface area (Å²) in [6, 6.07) is 30.7. The van der Waals surface area contributed by atoms with E-state index in [1.807, 2.05) is 0 Å². The van der Waals surface area contributed by atoms with Gasteiger partial charge in [0.05, 0.1) is 11.7 Å². The Morgan fingerprint density at radius 2 is 1.39 bits per heavy atom. The van der Waals surface area contributed by atoms with Crippen LogP contribution in [-0.2, 0) is 11.3 Å². The van der Waals surface area contributed by atoms with Gasteiger partial charge in [-0.2, -0.15) is 0 Å². The van der Waals surface area contributed by atoms with E-state index in [1.54, 1.807) is 0 Å². The molecule has 0 unspecified atom stereocenters. The lowest BCUT2D eigenvalue weighted by Crippen LogP contribution is -2.47. The number of carbonyl (C=O) groups is 1. The number of hydrogen-bond acceptors (Lipinski definition) is 4. The van der Waals surface area contributed by atoms with Gasteiger partial charge in [-0.3, -0.25) is 14.6 Å². The van der Waals surface area contributed by atoms with Crippen LogP contribution in [0.15, 0.2) is 84.9 Å². The minimum absolute atomic E-state index is 0.250. The van der Waals surface area contributed by atoms with E-state index in [-0.39, 0.29) is 6.47 Å². The zero-order valence-electron chi connectivity index (χ0n) is 21.0. The standard InChI is InChI=1S/C29H32N4.CH2O2/c1-22-13-15-26(16-14-22)29-30-23(2)27(31-29)21-32-17-19-33(20-18-32)28(24-9-5-3-6-10-24)25-11-7-4-8-12-25;2-1-3/h3-16,28H,17-21H2,1-2H3,(H,30,31);1H,(H,2,3). The maximum Gasteiger partial charge on any atom is 0.290 e. The fourth-order valence-corrected chi connectivity index (χ4v) is 4.77. The summed E-state index contributed by atoms with van der Waals surface area (Å²) in [7, 11) is 0. The van der Waals surface area contributed by atoms with E-state index >= 15 is 0 Å². The van der Waals surface area contributed by atoms with E-state index in [0.717, 1.165) is 49.8 Å². The van der Waals surface area contributed by atoms with Crippen LogP contribution < -0.4 is 0 Å². The zero-order valence-corrected chi connectivity index (χ0v) is 21.0. The van der Waals surface area contributed by atoms with Gasteiger partial charge in [0, 0.05) is 44.0 Å². The molecule has 186 valence electrons. The predicted molar refractivity (Wildman–Crippen MR) is 144 cm³/mol. The van der Waals surface area contributed by atoms with Crippen molar-refractivity contribution >= 4 is 6.47 Å². The van der Waals surface area contributed by atoms with Gasteiger partial charge < -0.3 is 10.1 Å². The van der Waals surface area contributed by atoms with Crippen molar-refractivity contribution in [1.82, 2.24) is 19.8 Å². The molecule has 0 spiro atoms. The van der Waals surface area contributed by atoms with Crippen molar-refractivity contribution in [2.24, 2.45) is 0 Å². The first-order chi connectivity index (χ1) is 17.6. The van der Waals surface area contributed by atoms with E-state index in [1.165, 1.54) is 22.4 Å². The summed E-state index contributed by atoms with van der Waals surface area (Å²) in [5, 5.41) is 6.89. The number of piperazine rings is 1. The molecule has 0 saturated carbocycles. The number of nitrogens with one attached hydrogen (secondary N) is 1. The van der Waals surface area contributed by atoms with Crippen molar-refractivity contribution in [3.05, 3.63) is 113 Å². The lowest BCUT2D eigenvalue weighted by atomic mass is 9.96. The quantitative estimate of drug-likeness (QED) is 0.365. The molecule has 4 aromatic rings. The fraction of sp³-hybridized carbons (Fsp3) is 0.267. The molecule has 2 heterocycles. The Morgan fingerprint density at radius 1 is 0.861 bits per heavy atom. The summed E-state index contributed by atoms with van der Waals surface area (Å²) in [6.45, 7) is 9.07. The van der Waals surface area contributed by atoms with Crippen molar-refractivity contribution < 1.29 is 9.90 Å². The first-order valence-corrected chi connectivity index (χ1v) is 12.4. The molecule has 1 aliphatic heterocycles. The Morgan fingerprint density at radius 3 is 1.92 bits per heavy atom. The van der Waals surface area contributed by atoms with Gasteiger partial charge in [0.15, 0.2) is 0 Å². The highest BCUT2D eigenvalue weighted by Crippen LogP contribution is 2.30. The highest BCUT2D eigenvalue weighted by Gasteiger charge is 2.27. The van der Waals surface area contributed by atoms with E-state index in [0.29, 0.717) is 6.04 Å². The number of rotatable bonds is 6. The molecule has 36 heavy (non-hydrogen) atoms. The normalized spacial score (nSPS) is 14.3. The largest absolute Gasteiger partial charge is 0.483 e. The Kier molecular flexibility index (Phi) is 8.66. The minimum atomic E-state index is -0.250. The van der Waals surface area contributed by atoms with Crippen molar-refractivity contribution in [3.63, 3.8) is 0 Å². The van der Waals surface area contributed by atoms with E-state index in [9.17, 15) is 0 Å². The van der Waals surface area contributed by atoms with Crippen LogP contribution in [0.2, 0.25) is 0 Å². The molecule has 6 nitrogen and oxygen atoms in total. The van der Waals surface area contributed by atoms with Crippen molar-refractivity contribution in [3.8, 4) is 11.4 Å². The summed E-state index contributed by atoms with van der Waals surface area (Å²) in [5.41, 5.74) is 7.46. The number of carboxylic acid groups (broad SMARTS) is 1. The van der Waals surface area contributed by atoms with Gasteiger partial charge in [-0.25, -0.2) is 4.98 Å². The third-order valence-corrected chi connectivity index (χ3v) is 6.69. The molecule has 6 heteroatoms. The Labute approximate surface area is 213 Å². The molecule has 3 aromatic carbocycles. The van der Waals surface area contributed by atoms with Crippen LogP contribution in [0.1, 0.15) is 34.1 Å². The minimum Gasteiger partial charge on any atom is -0.483 e. The van der Waals surface area contributed by atoms with Crippen LogP contribution in [0.25, 0.3) is 11.4 Å². The molecule has 2 N–H and O–H groups in total. The molecule has 0 atom stereocenters. The second kappa shape index (κ2) is 12.3. The number of nitrogens with zero attached hydrogens (tertiary/aromatic N) is 3. The topological polar surface area (TPSA) is 72.5 Å². The maximum absolute atomic E-state index is 8.36. The molecule has 1 aromatic heterocycles. The number of benzene rings is 3. The second-order valence-electron chi connectivity index (χ2n) is 9.16. The molecule has 1 saturated heterocycles. The van der Waals surface area contributed by atoms with Gasteiger partial charge in [-0.1, -0.05) is 90.5 Å². The van der Waals surface area contributed by atoms with E-state index in [2.05, 4.69) is 114 Å². The fourth-order valence-electron chi connectivity index (χ4n) is 4.77. The highest BCUT2D eigenvalue weighted by molar-refractivity contribution is 5.56. The average Bonchev–Trinajstić information content (AvgIpc) is 3.27. The SMILES string of the molecule is Cc1ccc(-c2nc(CN3CCN(C(c4ccccc4)c4ccccc4)CC3)c(C)[nH]2)cc1.O=CO. The van der Waals surface area contributed by atoms with E-state index in [4.69, 9.17) is 14.9 Å². The maximum atomic E-state index is 8.36. The molecule has 0 bridgehead atoms. The summed E-state index contributed by atoms with van der Waals surface area (Å²) in [6.07, 6.45) is 0. The van der Waals surface area contributed by atoms with Gasteiger partial charge in [-0.05, 0) is 25.0 Å². The van der Waals surface area contributed by atoms with Crippen LogP contribution in [-0.4, -0.2) is 57.5 Å². The molecular weight excluding hydrogens is 448 g/mol. The second-order valence-corrected chi connectivity index (χ2v) is 9.16. The van der Waals surface area contributed by atoms with Gasteiger partial charge in [0.2, 0.25) is 0 Å². The lowest BCUT2D eigenvalue weighted by molar-refractivity contribution is -0.122. The zero-order chi connectivity index (χ0) is 25.3. The van der Waals surface area contributed by atoms with Crippen LogP contribution >= 0.6 is 0 Å². The molecule has 0 amide bonds. The number of hydrogen-bond donors (Lipinski definition) is 2. The Balaban J connectivity index is 0.000000967. The van der Waals surface area contributed by atoms with Crippen molar-refractivity contribution in [2.45, 2.75) is 26.4 Å². The Bertz CT molecular complexity index is 1180. The van der Waals surface area contributed by atoms with Crippen molar-refractivity contribution in [1.29, 1.82) is 0 Å². The van der Waals surface area contributed by atoms with E-state index < -0.39 is 0 Å². The number of aromatic nitrogens is 2. The third kappa shape index (κ3) is 6.27. The summed E-state index contributed by atoms with van der Waals surface area (Å²) in [4.78, 5) is 21.9. The van der Waals surface area contributed by atoms with Gasteiger partial charge in [0.1, 0.15) is 5.82 Å². The predicted octanol–water partition coefficient (Wildman–Crippen LogP) is 5.30. The molecule has 0 aliphatic carbocycles. The summed E-state index contributed by atoms with van der Waals surface area (Å²) in [5.74, 6) is 0.967. The lowest BCUT2D eigenvalue weighted by Gasteiger charge is -2.39. The highest BCUT2D eigenvalue weighted by atomic mass is 16.3. The first-order valence-electron chi connectivity index (χ1n) is 12.4. The smallest absolute Gasteiger partial charge is 0.290 e. The van der Waals surface area contributed by atoms with Crippen LogP contribution in [0.3, 0.4) is 0 Å². The number of aromatic amines is 1. The van der Waals surface area contributed by atoms with Gasteiger partial charge in [-0.15, -0.1) is 0 Å². The third-order valence-electron chi connectivity index (χ3n) is 6.69. The number of aryl methyl sites for hydroxylation is 2. The van der Waals surface area contributed by atoms with Gasteiger partial charge >= 0.3 is 0 Å². The molecule has 1 aliphatic rings.